The highest BCUT2D eigenvalue weighted by Gasteiger charge is 2.36. The number of halogens is 2. The maximum Gasteiger partial charge on any atom is 0.123 e. The third-order valence-electron chi connectivity index (χ3n) is 7.22. The molecule has 5 rings (SSSR count). The van der Waals surface area contributed by atoms with E-state index in [0.29, 0.717) is 6.04 Å². The molecule has 2 aromatic carbocycles. The van der Waals surface area contributed by atoms with Crippen LogP contribution in [0.5, 0.6) is 0 Å². The number of benzene rings is 2. The van der Waals surface area contributed by atoms with Gasteiger partial charge in [0, 0.05) is 62.8 Å². The van der Waals surface area contributed by atoms with Gasteiger partial charge in [-0.15, -0.1) is 0 Å². The van der Waals surface area contributed by atoms with Crippen LogP contribution >= 0.6 is 23.8 Å². The van der Waals surface area contributed by atoms with E-state index in [2.05, 4.69) is 26.8 Å². The Morgan fingerprint density at radius 1 is 0.935 bits per heavy atom. The predicted octanol–water partition coefficient (Wildman–Crippen LogP) is 5.10. The van der Waals surface area contributed by atoms with Crippen LogP contribution in [0.3, 0.4) is 0 Å². The number of nitrogens with zero attached hydrogens (tertiary/aromatic N) is 3. The summed E-state index contributed by atoms with van der Waals surface area (Å²) in [4.78, 5) is 8.73. The van der Waals surface area contributed by atoms with Gasteiger partial charge in [-0.3, -0.25) is 9.80 Å². The Balaban J connectivity index is 1.25. The normalized spacial score (nSPS) is 24.7. The number of hydrogen-bond donors (Lipinski definition) is 0. The molecule has 31 heavy (non-hydrogen) atoms. The van der Waals surface area contributed by atoms with Crippen molar-refractivity contribution in [3.63, 3.8) is 0 Å². The molecule has 0 saturated carbocycles. The van der Waals surface area contributed by atoms with E-state index in [-0.39, 0.29) is 11.7 Å². The van der Waals surface area contributed by atoms with E-state index >= 15 is 0 Å². The summed E-state index contributed by atoms with van der Waals surface area (Å²) < 4.78 is 13.5. The Hall–Kier alpha value is -1.53. The number of fused-ring (bicyclic) bond motifs is 1. The van der Waals surface area contributed by atoms with Crippen molar-refractivity contribution in [2.24, 2.45) is 0 Å². The fourth-order valence-corrected chi connectivity index (χ4v) is 5.99. The molecule has 2 aromatic rings. The maximum atomic E-state index is 13.5. The average molecular weight is 458 g/mol. The summed E-state index contributed by atoms with van der Waals surface area (Å²) in [7, 11) is 0. The summed E-state index contributed by atoms with van der Waals surface area (Å²) in [6, 6.07) is 13.7. The van der Waals surface area contributed by atoms with Crippen molar-refractivity contribution in [3.8, 4) is 0 Å². The first kappa shape index (κ1) is 21.3. The molecule has 2 fully saturated rings. The number of rotatable bonds is 5. The highest BCUT2D eigenvalue weighted by atomic mass is 35.5. The monoisotopic (exact) mass is 457 g/mol. The van der Waals surface area contributed by atoms with E-state index in [9.17, 15) is 4.39 Å². The molecule has 0 spiro atoms. The summed E-state index contributed by atoms with van der Waals surface area (Å²) in [5.41, 5.74) is 3.86. The molecule has 0 aromatic heterocycles. The van der Waals surface area contributed by atoms with Gasteiger partial charge in [-0.1, -0.05) is 42.0 Å². The van der Waals surface area contributed by atoms with Crippen molar-refractivity contribution in [1.29, 1.82) is 0 Å². The number of likely N-dealkylation sites (tertiary alicyclic amines) is 1. The Bertz CT molecular complexity index is 942. The first-order chi connectivity index (χ1) is 15.1. The van der Waals surface area contributed by atoms with E-state index in [1.807, 2.05) is 18.2 Å². The third kappa shape index (κ3) is 4.51. The van der Waals surface area contributed by atoms with Gasteiger partial charge in [0.05, 0.1) is 4.99 Å². The Morgan fingerprint density at radius 2 is 1.71 bits per heavy atom. The Kier molecular flexibility index (Phi) is 6.29. The quantitative estimate of drug-likeness (QED) is 0.578. The summed E-state index contributed by atoms with van der Waals surface area (Å²) in [5.74, 6) is 0.0870. The molecule has 2 aliphatic heterocycles. The summed E-state index contributed by atoms with van der Waals surface area (Å²) in [6.45, 7) is 7.65. The Labute approximate surface area is 194 Å². The van der Waals surface area contributed by atoms with Gasteiger partial charge in [-0.25, -0.2) is 4.39 Å². The second-order valence-corrected chi connectivity index (χ2v) is 9.90. The summed E-state index contributed by atoms with van der Waals surface area (Å²) >= 11 is 11.8. The van der Waals surface area contributed by atoms with Gasteiger partial charge in [-0.2, -0.15) is 0 Å². The zero-order valence-corrected chi connectivity index (χ0v) is 19.3. The third-order valence-corrected chi connectivity index (χ3v) is 7.92. The molecule has 0 bridgehead atoms. The second-order valence-electron chi connectivity index (χ2n) is 8.99. The van der Waals surface area contributed by atoms with E-state index in [4.69, 9.17) is 23.8 Å². The zero-order chi connectivity index (χ0) is 21.4. The molecule has 2 atom stereocenters. The molecular formula is C25H29ClFN3S. The van der Waals surface area contributed by atoms with Crippen molar-refractivity contribution in [2.45, 2.75) is 31.2 Å². The van der Waals surface area contributed by atoms with E-state index in [1.165, 1.54) is 23.1 Å². The molecule has 2 heterocycles. The molecule has 0 amide bonds. The second kappa shape index (κ2) is 9.14. The fourth-order valence-electron chi connectivity index (χ4n) is 5.49. The van der Waals surface area contributed by atoms with Gasteiger partial charge >= 0.3 is 0 Å². The minimum absolute atomic E-state index is 0.185. The highest BCUT2D eigenvalue weighted by molar-refractivity contribution is 7.80. The van der Waals surface area contributed by atoms with Crippen LogP contribution in [0.15, 0.2) is 42.5 Å². The van der Waals surface area contributed by atoms with Gasteiger partial charge in [-0.05, 0) is 60.2 Å². The molecule has 6 heteroatoms. The number of thiocarbonyl (C=S) groups is 1. The largest absolute Gasteiger partial charge is 0.365 e. The van der Waals surface area contributed by atoms with Crippen LogP contribution in [0.25, 0.3) is 0 Å². The molecule has 1 aliphatic carbocycles. The molecular weight excluding hydrogens is 429 g/mol. The van der Waals surface area contributed by atoms with E-state index in [1.54, 1.807) is 12.1 Å². The predicted molar refractivity (Wildman–Crippen MR) is 128 cm³/mol. The number of piperazine rings is 1. The molecule has 2 unspecified atom stereocenters. The molecule has 0 radical (unpaired) electrons. The highest BCUT2D eigenvalue weighted by Crippen LogP contribution is 2.47. The lowest BCUT2D eigenvalue weighted by atomic mass is 9.93. The van der Waals surface area contributed by atoms with Crippen LogP contribution in [0, 0.1) is 5.82 Å². The van der Waals surface area contributed by atoms with Gasteiger partial charge in [0.25, 0.3) is 0 Å². The van der Waals surface area contributed by atoms with Crippen molar-refractivity contribution in [3.05, 3.63) is 70.0 Å². The first-order valence-corrected chi connectivity index (χ1v) is 12.2. The van der Waals surface area contributed by atoms with Crippen LogP contribution in [0.1, 0.15) is 47.9 Å². The van der Waals surface area contributed by atoms with Gasteiger partial charge in [0.2, 0.25) is 0 Å². The average Bonchev–Trinajstić information content (AvgIpc) is 3.36. The maximum absolute atomic E-state index is 13.5. The molecule has 3 aliphatic rings. The lowest BCUT2D eigenvalue weighted by molar-refractivity contribution is 0.0920. The van der Waals surface area contributed by atoms with Crippen LogP contribution in [0.4, 0.5) is 4.39 Å². The lowest BCUT2D eigenvalue weighted by Crippen LogP contribution is -2.49. The fraction of sp³-hybridized carbons (Fsp3) is 0.480. The minimum atomic E-state index is -0.185. The van der Waals surface area contributed by atoms with Gasteiger partial charge < -0.3 is 4.90 Å². The van der Waals surface area contributed by atoms with E-state index in [0.717, 1.165) is 68.7 Å². The van der Waals surface area contributed by atoms with Crippen molar-refractivity contribution >= 4 is 28.8 Å². The number of hydrogen-bond acceptors (Lipinski definition) is 3. The minimum Gasteiger partial charge on any atom is -0.365 e. The van der Waals surface area contributed by atoms with Crippen LogP contribution in [0.2, 0.25) is 5.02 Å². The Morgan fingerprint density at radius 3 is 2.42 bits per heavy atom. The van der Waals surface area contributed by atoms with Crippen LogP contribution in [-0.4, -0.2) is 65.5 Å². The standard InChI is InChI=1S/C25H29ClFN3S/c26-19-5-8-21-23(16-19)22(18-3-6-20(27)7-4-18)17-24(21)29-13-10-28(11-14-29)12-15-30-9-1-2-25(30)31/h3-8,16,22,24H,1-2,9-15,17H2. The summed E-state index contributed by atoms with van der Waals surface area (Å²) in [6.07, 6.45) is 3.33. The molecule has 3 nitrogen and oxygen atoms in total. The van der Waals surface area contributed by atoms with Gasteiger partial charge in [0.15, 0.2) is 0 Å². The van der Waals surface area contributed by atoms with Crippen molar-refractivity contribution in [1.82, 2.24) is 14.7 Å². The van der Waals surface area contributed by atoms with Crippen LogP contribution < -0.4 is 0 Å². The smallest absolute Gasteiger partial charge is 0.123 e. The van der Waals surface area contributed by atoms with E-state index < -0.39 is 0 Å². The lowest BCUT2D eigenvalue weighted by Gasteiger charge is -2.39. The molecule has 2 saturated heterocycles. The summed E-state index contributed by atoms with van der Waals surface area (Å²) in [5, 5.41) is 0.774. The molecule has 0 N–H and O–H groups in total. The van der Waals surface area contributed by atoms with Crippen molar-refractivity contribution < 1.29 is 4.39 Å². The van der Waals surface area contributed by atoms with Crippen LogP contribution in [-0.2, 0) is 0 Å². The van der Waals surface area contributed by atoms with Crippen molar-refractivity contribution in [2.75, 3.05) is 45.8 Å². The first-order valence-electron chi connectivity index (χ1n) is 11.4. The topological polar surface area (TPSA) is 9.72 Å². The SMILES string of the molecule is Fc1ccc(C2CC(N3CCN(CCN4CCCC4=S)CC3)c3ccc(Cl)cc32)cc1. The zero-order valence-electron chi connectivity index (χ0n) is 17.8. The molecule has 164 valence electrons. The van der Waals surface area contributed by atoms with Gasteiger partial charge in [0.1, 0.15) is 5.82 Å².